The third-order valence-corrected chi connectivity index (χ3v) is 5.97. The molecule has 0 unspecified atom stereocenters. The number of nitrogens with zero attached hydrogens (tertiary/aromatic N) is 5. The van der Waals surface area contributed by atoms with Crippen LogP contribution in [0, 0.1) is 0 Å². The van der Waals surface area contributed by atoms with Crippen LogP contribution in [0.3, 0.4) is 0 Å². The Morgan fingerprint density at radius 1 is 1.07 bits per heavy atom. The first-order valence-corrected chi connectivity index (χ1v) is 10.5. The van der Waals surface area contributed by atoms with Gasteiger partial charge in [0.05, 0.1) is 20.8 Å². The van der Waals surface area contributed by atoms with E-state index in [1.54, 1.807) is 26.6 Å². The molecule has 2 aliphatic rings. The number of rotatable bonds is 6. The molecule has 0 radical (unpaired) electrons. The van der Waals surface area contributed by atoms with Crippen molar-refractivity contribution in [1.82, 2.24) is 19.8 Å². The molecular formula is C22H29N5O3. The van der Waals surface area contributed by atoms with Gasteiger partial charge in [-0.05, 0) is 31.5 Å². The van der Waals surface area contributed by atoms with Crippen molar-refractivity contribution in [2.75, 3.05) is 58.4 Å². The predicted octanol–water partition coefficient (Wildman–Crippen LogP) is 1.98. The molecule has 2 aromatic rings. The van der Waals surface area contributed by atoms with Crippen molar-refractivity contribution < 1.29 is 14.3 Å². The van der Waals surface area contributed by atoms with Crippen LogP contribution < -0.4 is 14.4 Å². The Balaban J connectivity index is 1.37. The number of methoxy groups -OCH3 is 2. The molecule has 4 rings (SSSR count). The van der Waals surface area contributed by atoms with Gasteiger partial charge in [0.2, 0.25) is 11.9 Å². The lowest BCUT2D eigenvalue weighted by Crippen LogP contribution is -2.51. The third-order valence-electron chi connectivity index (χ3n) is 5.97. The van der Waals surface area contributed by atoms with E-state index in [2.05, 4.69) is 25.8 Å². The van der Waals surface area contributed by atoms with Gasteiger partial charge in [-0.2, -0.15) is 0 Å². The second-order valence-corrected chi connectivity index (χ2v) is 7.65. The molecule has 2 saturated heterocycles. The number of carbonyl (C=O) groups excluding carboxylic acids is 1. The number of hydrogen-bond acceptors (Lipinski definition) is 7. The highest BCUT2D eigenvalue weighted by atomic mass is 16.5. The molecule has 160 valence electrons. The third kappa shape index (κ3) is 4.33. The Bertz CT molecular complexity index is 855. The summed E-state index contributed by atoms with van der Waals surface area (Å²) in [4.78, 5) is 28.0. The van der Waals surface area contributed by atoms with Gasteiger partial charge in [-0.15, -0.1) is 0 Å². The van der Waals surface area contributed by atoms with Crippen molar-refractivity contribution in [2.24, 2.45) is 0 Å². The first kappa shape index (κ1) is 20.4. The second kappa shape index (κ2) is 9.30. The lowest BCUT2D eigenvalue weighted by atomic mass is 10.0. The Morgan fingerprint density at radius 3 is 2.53 bits per heavy atom. The SMILES string of the molecule is COc1ccc([C@@H]2CCCN2CC(=O)N2CCN(c3ncccn3)CC2)c(OC)c1. The van der Waals surface area contributed by atoms with Crippen LogP contribution in [0.2, 0.25) is 0 Å². The van der Waals surface area contributed by atoms with E-state index in [-0.39, 0.29) is 11.9 Å². The van der Waals surface area contributed by atoms with Gasteiger partial charge in [-0.1, -0.05) is 6.07 Å². The van der Waals surface area contributed by atoms with Gasteiger partial charge in [0.1, 0.15) is 11.5 Å². The van der Waals surface area contributed by atoms with Crippen LogP contribution >= 0.6 is 0 Å². The number of amides is 1. The molecular weight excluding hydrogens is 382 g/mol. The van der Waals surface area contributed by atoms with Crippen molar-refractivity contribution in [3.63, 3.8) is 0 Å². The van der Waals surface area contributed by atoms with E-state index < -0.39 is 0 Å². The number of anilines is 1. The number of benzene rings is 1. The van der Waals surface area contributed by atoms with Crippen LogP contribution in [0.4, 0.5) is 5.95 Å². The molecule has 2 fully saturated rings. The molecule has 0 N–H and O–H groups in total. The van der Waals surface area contributed by atoms with Crippen LogP contribution in [-0.2, 0) is 4.79 Å². The molecule has 0 saturated carbocycles. The van der Waals surface area contributed by atoms with Crippen molar-refractivity contribution >= 4 is 11.9 Å². The average molecular weight is 412 g/mol. The lowest BCUT2D eigenvalue weighted by molar-refractivity contribution is -0.133. The predicted molar refractivity (Wildman–Crippen MR) is 114 cm³/mol. The van der Waals surface area contributed by atoms with Crippen LogP contribution in [0.25, 0.3) is 0 Å². The smallest absolute Gasteiger partial charge is 0.236 e. The Kier molecular flexibility index (Phi) is 6.32. The number of likely N-dealkylation sites (tertiary alicyclic amines) is 1. The maximum atomic E-state index is 13.0. The highest BCUT2D eigenvalue weighted by Crippen LogP contribution is 2.38. The number of hydrogen-bond donors (Lipinski definition) is 0. The van der Waals surface area contributed by atoms with Gasteiger partial charge >= 0.3 is 0 Å². The van der Waals surface area contributed by atoms with E-state index in [0.717, 1.165) is 55.5 Å². The van der Waals surface area contributed by atoms with Crippen molar-refractivity contribution in [1.29, 1.82) is 0 Å². The maximum absolute atomic E-state index is 13.0. The van der Waals surface area contributed by atoms with Gasteiger partial charge in [0.25, 0.3) is 0 Å². The zero-order valence-corrected chi connectivity index (χ0v) is 17.7. The van der Waals surface area contributed by atoms with E-state index in [0.29, 0.717) is 19.6 Å². The Hall–Kier alpha value is -2.87. The molecule has 1 aromatic heterocycles. The van der Waals surface area contributed by atoms with E-state index in [9.17, 15) is 4.79 Å². The van der Waals surface area contributed by atoms with E-state index in [4.69, 9.17) is 9.47 Å². The van der Waals surface area contributed by atoms with Gasteiger partial charge in [-0.3, -0.25) is 9.69 Å². The molecule has 2 aliphatic heterocycles. The molecule has 3 heterocycles. The summed E-state index contributed by atoms with van der Waals surface area (Å²) in [6.45, 7) is 4.25. The Labute approximate surface area is 177 Å². The molecule has 0 spiro atoms. The molecule has 0 aliphatic carbocycles. The second-order valence-electron chi connectivity index (χ2n) is 7.65. The fourth-order valence-electron chi connectivity index (χ4n) is 4.35. The normalized spacial score (nSPS) is 19.7. The van der Waals surface area contributed by atoms with Crippen LogP contribution in [0.15, 0.2) is 36.7 Å². The minimum absolute atomic E-state index is 0.183. The number of ether oxygens (including phenoxy) is 2. The summed E-state index contributed by atoms with van der Waals surface area (Å²) in [5.74, 6) is 2.51. The molecule has 30 heavy (non-hydrogen) atoms. The fraction of sp³-hybridized carbons (Fsp3) is 0.500. The monoisotopic (exact) mass is 411 g/mol. The van der Waals surface area contributed by atoms with Crippen LogP contribution in [0.5, 0.6) is 11.5 Å². The van der Waals surface area contributed by atoms with Crippen molar-refractivity contribution in [3.8, 4) is 11.5 Å². The topological polar surface area (TPSA) is 71.0 Å². The Morgan fingerprint density at radius 2 is 1.83 bits per heavy atom. The summed E-state index contributed by atoms with van der Waals surface area (Å²) in [5.41, 5.74) is 1.12. The summed E-state index contributed by atoms with van der Waals surface area (Å²) in [6.07, 6.45) is 5.60. The molecule has 8 nitrogen and oxygen atoms in total. The molecule has 1 amide bonds. The summed E-state index contributed by atoms with van der Waals surface area (Å²) in [6, 6.07) is 7.94. The quantitative estimate of drug-likeness (QED) is 0.720. The van der Waals surface area contributed by atoms with E-state index in [1.807, 2.05) is 23.1 Å². The van der Waals surface area contributed by atoms with Gasteiger partial charge in [0.15, 0.2) is 0 Å². The van der Waals surface area contributed by atoms with Crippen molar-refractivity contribution in [2.45, 2.75) is 18.9 Å². The minimum atomic E-state index is 0.183. The number of aromatic nitrogens is 2. The van der Waals surface area contributed by atoms with E-state index >= 15 is 0 Å². The molecule has 8 heteroatoms. The fourth-order valence-corrected chi connectivity index (χ4v) is 4.35. The average Bonchev–Trinajstić information content (AvgIpc) is 3.27. The van der Waals surface area contributed by atoms with Gasteiger partial charge in [0, 0.05) is 56.2 Å². The molecule has 0 bridgehead atoms. The maximum Gasteiger partial charge on any atom is 0.236 e. The summed E-state index contributed by atoms with van der Waals surface area (Å²) >= 11 is 0. The first-order chi connectivity index (χ1) is 14.7. The standard InChI is InChI=1S/C22H29N5O3/c1-29-17-6-7-18(20(15-17)30-2)19-5-3-10-27(19)16-21(28)25-11-13-26(14-12-25)22-23-8-4-9-24-22/h4,6-9,15,19H,3,5,10-14,16H2,1-2H3/t19-/m0/s1. The largest absolute Gasteiger partial charge is 0.497 e. The minimum Gasteiger partial charge on any atom is -0.497 e. The van der Waals surface area contributed by atoms with Gasteiger partial charge in [-0.25, -0.2) is 9.97 Å². The number of piperazine rings is 1. The van der Waals surface area contributed by atoms with Gasteiger partial charge < -0.3 is 19.3 Å². The van der Waals surface area contributed by atoms with Crippen molar-refractivity contribution in [3.05, 3.63) is 42.2 Å². The molecule has 1 atom stereocenters. The summed E-state index contributed by atoms with van der Waals surface area (Å²) < 4.78 is 10.9. The zero-order valence-electron chi connectivity index (χ0n) is 17.7. The molecule has 1 aromatic carbocycles. The summed E-state index contributed by atoms with van der Waals surface area (Å²) in [5, 5.41) is 0. The van der Waals surface area contributed by atoms with E-state index in [1.165, 1.54) is 0 Å². The zero-order chi connectivity index (χ0) is 20.9. The highest BCUT2D eigenvalue weighted by Gasteiger charge is 2.32. The lowest BCUT2D eigenvalue weighted by Gasteiger charge is -2.36. The summed E-state index contributed by atoms with van der Waals surface area (Å²) in [7, 11) is 3.33. The first-order valence-electron chi connectivity index (χ1n) is 10.5. The number of carbonyl (C=O) groups is 1. The van der Waals surface area contributed by atoms with Crippen LogP contribution in [-0.4, -0.2) is 79.2 Å². The highest BCUT2D eigenvalue weighted by molar-refractivity contribution is 5.78. The van der Waals surface area contributed by atoms with Crippen LogP contribution in [0.1, 0.15) is 24.4 Å².